The summed E-state index contributed by atoms with van der Waals surface area (Å²) in [7, 11) is 1.49. The maximum absolute atomic E-state index is 5.17. The molecular weight excluding hydrogens is 134 g/mol. The topological polar surface area (TPSA) is 39.7 Å². The van der Waals surface area contributed by atoms with E-state index in [1.807, 2.05) is 13.8 Å². The molecule has 10 heavy (non-hydrogen) atoms. The van der Waals surface area contributed by atoms with Crippen LogP contribution in [0.15, 0.2) is 0 Å². The van der Waals surface area contributed by atoms with Crippen molar-refractivity contribution in [2.75, 3.05) is 20.3 Å². The van der Waals surface area contributed by atoms with Crippen LogP contribution in [0.4, 0.5) is 0 Å². The Morgan fingerprint density at radius 2 is 2.20 bits per heavy atom. The lowest BCUT2D eigenvalue weighted by atomic mass is 10.4. The standard InChI is InChI=1S/C6H15NO3/c1-4-9-6(2)5-10-7-8-3/h6-7H,4-5H2,1-3H3. The van der Waals surface area contributed by atoms with Crippen LogP contribution in [0.3, 0.4) is 0 Å². The molecule has 4 nitrogen and oxygen atoms in total. The van der Waals surface area contributed by atoms with Crippen molar-refractivity contribution >= 4 is 0 Å². The first kappa shape index (κ1) is 9.84. The van der Waals surface area contributed by atoms with E-state index in [2.05, 4.69) is 10.5 Å². The SMILES string of the molecule is CCOC(C)CONOC. The minimum Gasteiger partial charge on any atom is -0.376 e. The number of ether oxygens (including phenoxy) is 1. The lowest BCUT2D eigenvalue weighted by Gasteiger charge is -2.10. The highest BCUT2D eigenvalue weighted by atomic mass is 16.9. The van der Waals surface area contributed by atoms with Crippen molar-refractivity contribution in [3.63, 3.8) is 0 Å². The molecule has 0 rings (SSSR count). The third-order valence-corrected chi connectivity index (χ3v) is 0.911. The summed E-state index contributed by atoms with van der Waals surface area (Å²) in [6.45, 7) is 5.07. The van der Waals surface area contributed by atoms with Crippen LogP contribution in [0.1, 0.15) is 13.8 Å². The van der Waals surface area contributed by atoms with Crippen LogP contribution in [0, 0.1) is 0 Å². The zero-order valence-electron chi connectivity index (χ0n) is 6.72. The van der Waals surface area contributed by atoms with Gasteiger partial charge in [-0.05, 0) is 13.8 Å². The summed E-state index contributed by atoms with van der Waals surface area (Å²) in [6.07, 6.45) is 0.104. The van der Waals surface area contributed by atoms with Crippen molar-refractivity contribution in [3.8, 4) is 0 Å². The van der Waals surface area contributed by atoms with Gasteiger partial charge in [0.25, 0.3) is 0 Å². The molecule has 0 aromatic heterocycles. The summed E-state index contributed by atoms with van der Waals surface area (Å²) >= 11 is 0. The van der Waals surface area contributed by atoms with Crippen molar-refractivity contribution in [1.29, 1.82) is 0 Å². The first-order chi connectivity index (χ1) is 4.81. The maximum atomic E-state index is 5.17. The van der Waals surface area contributed by atoms with E-state index < -0.39 is 0 Å². The summed E-state index contributed by atoms with van der Waals surface area (Å²) < 4.78 is 5.17. The van der Waals surface area contributed by atoms with Gasteiger partial charge in [-0.3, -0.25) is 9.68 Å². The summed E-state index contributed by atoms with van der Waals surface area (Å²) in [5.74, 6) is 0. The molecule has 0 spiro atoms. The van der Waals surface area contributed by atoms with E-state index >= 15 is 0 Å². The number of rotatable bonds is 6. The van der Waals surface area contributed by atoms with Crippen molar-refractivity contribution in [1.82, 2.24) is 5.64 Å². The highest BCUT2D eigenvalue weighted by molar-refractivity contribution is 4.42. The quantitative estimate of drug-likeness (QED) is 0.441. The molecule has 0 saturated heterocycles. The van der Waals surface area contributed by atoms with Crippen molar-refractivity contribution in [3.05, 3.63) is 0 Å². The third kappa shape index (κ3) is 5.97. The van der Waals surface area contributed by atoms with Crippen LogP contribution in [0.2, 0.25) is 0 Å². The lowest BCUT2D eigenvalue weighted by molar-refractivity contribution is -0.170. The highest BCUT2D eigenvalue weighted by Crippen LogP contribution is 1.88. The van der Waals surface area contributed by atoms with E-state index in [0.29, 0.717) is 13.2 Å². The van der Waals surface area contributed by atoms with Crippen LogP contribution >= 0.6 is 0 Å². The maximum Gasteiger partial charge on any atom is 0.0968 e. The molecule has 1 atom stereocenters. The molecule has 0 aromatic rings. The largest absolute Gasteiger partial charge is 0.376 e. The smallest absolute Gasteiger partial charge is 0.0968 e. The summed E-state index contributed by atoms with van der Waals surface area (Å²) in [5.41, 5.74) is 2.26. The average Bonchev–Trinajstić information content (AvgIpc) is 1.89. The number of hydrogen-bond donors (Lipinski definition) is 1. The molecule has 0 aliphatic carbocycles. The van der Waals surface area contributed by atoms with Gasteiger partial charge in [0.05, 0.1) is 19.8 Å². The molecule has 0 heterocycles. The van der Waals surface area contributed by atoms with Gasteiger partial charge in [-0.1, -0.05) is 5.64 Å². The fraction of sp³-hybridized carbons (Fsp3) is 1.00. The molecule has 0 saturated carbocycles. The normalized spacial score (nSPS) is 13.5. The molecular formula is C6H15NO3. The minimum atomic E-state index is 0.104. The Hall–Kier alpha value is -0.160. The van der Waals surface area contributed by atoms with Crippen LogP contribution in [-0.4, -0.2) is 26.4 Å². The molecule has 0 bridgehead atoms. The second kappa shape index (κ2) is 6.95. The zero-order chi connectivity index (χ0) is 7.82. The van der Waals surface area contributed by atoms with E-state index in [9.17, 15) is 0 Å². The Morgan fingerprint density at radius 3 is 2.70 bits per heavy atom. The van der Waals surface area contributed by atoms with E-state index in [-0.39, 0.29) is 6.10 Å². The predicted molar refractivity (Wildman–Crippen MR) is 37.2 cm³/mol. The van der Waals surface area contributed by atoms with Crippen molar-refractivity contribution in [2.45, 2.75) is 20.0 Å². The summed E-state index contributed by atoms with van der Waals surface area (Å²) in [6, 6.07) is 0. The molecule has 62 valence electrons. The molecule has 0 aliphatic rings. The molecule has 0 aromatic carbocycles. The molecule has 0 aliphatic heterocycles. The van der Waals surface area contributed by atoms with Crippen molar-refractivity contribution in [2.24, 2.45) is 0 Å². The van der Waals surface area contributed by atoms with Crippen molar-refractivity contribution < 1.29 is 14.4 Å². The average molecular weight is 149 g/mol. The number of nitrogens with one attached hydrogen (secondary N) is 1. The zero-order valence-corrected chi connectivity index (χ0v) is 6.72. The predicted octanol–water partition coefficient (Wildman–Crippen LogP) is 0.494. The van der Waals surface area contributed by atoms with Gasteiger partial charge < -0.3 is 4.74 Å². The Bertz CT molecular complexity index is 70.0. The fourth-order valence-electron chi connectivity index (χ4n) is 0.543. The fourth-order valence-corrected chi connectivity index (χ4v) is 0.543. The van der Waals surface area contributed by atoms with Gasteiger partial charge in [-0.25, -0.2) is 0 Å². The Morgan fingerprint density at radius 1 is 1.50 bits per heavy atom. The van der Waals surface area contributed by atoms with Gasteiger partial charge in [0.2, 0.25) is 0 Å². The summed E-state index contributed by atoms with van der Waals surface area (Å²) in [5, 5.41) is 0. The first-order valence-electron chi connectivity index (χ1n) is 3.32. The first-order valence-corrected chi connectivity index (χ1v) is 3.32. The molecule has 0 amide bonds. The van der Waals surface area contributed by atoms with Gasteiger partial charge >= 0.3 is 0 Å². The third-order valence-electron chi connectivity index (χ3n) is 0.911. The van der Waals surface area contributed by atoms with E-state index in [0.717, 1.165) is 0 Å². The molecule has 0 fully saturated rings. The Kier molecular flexibility index (Phi) is 6.84. The van der Waals surface area contributed by atoms with E-state index in [4.69, 9.17) is 9.57 Å². The second-order valence-corrected chi connectivity index (χ2v) is 1.86. The Labute approximate surface area is 61.4 Å². The molecule has 4 heteroatoms. The lowest BCUT2D eigenvalue weighted by Crippen LogP contribution is -2.22. The van der Waals surface area contributed by atoms with E-state index in [1.165, 1.54) is 7.11 Å². The molecule has 1 N–H and O–H groups in total. The minimum absolute atomic E-state index is 0.104. The number of hydrogen-bond acceptors (Lipinski definition) is 4. The van der Waals surface area contributed by atoms with E-state index in [1.54, 1.807) is 0 Å². The monoisotopic (exact) mass is 149 g/mol. The second-order valence-electron chi connectivity index (χ2n) is 1.86. The highest BCUT2D eigenvalue weighted by Gasteiger charge is 1.98. The van der Waals surface area contributed by atoms with Gasteiger partial charge in [-0.15, -0.1) is 0 Å². The summed E-state index contributed by atoms with van der Waals surface area (Å²) in [4.78, 5) is 9.24. The molecule has 1 unspecified atom stereocenters. The van der Waals surface area contributed by atoms with Crippen LogP contribution in [0.25, 0.3) is 0 Å². The van der Waals surface area contributed by atoms with Crippen LogP contribution < -0.4 is 5.64 Å². The molecule has 0 radical (unpaired) electrons. The van der Waals surface area contributed by atoms with Gasteiger partial charge in [0.15, 0.2) is 0 Å². The van der Waals surface area contributed by atoms with Gasteiger partial charge in [0, 0.05) is 6.61 Å². The van der Waals surface area contributed by atoms with Gasteiger partial charge in [0.1, 0.15) is 0 Å². The van der Waals surface area contributed by atoms with Gasteiger partial charge in [-0.2, -0.15) is 0 Å². The van der Waals surface area contributed by atoms with Crippen LogP contribution in [-0.2, 0) is 14.4 Å². The van der Waals surface area contributed by atoms with Crippen LogP contribution in [0.5, 0.6) is 0 Å². The Balaban J connectivity index is 2.97.